The van der Waals surface area contributed by atoms with Gasteiger partial charge in [0.05, 0.1) is 6.04 Å². The van der Waals surface area contributed by atoms with Crippen molar-refractivity contribution in [3.63, 3.8) is 0 Å². The molecule has 1 heterocycles. The molecule has 4 N–H and O–H groups in total. The molecule has 1 saturated heterocycles. The molecule has 1 unspecified atom stereocenters. The van der Waals surface area contributed by atoms with E-state index in [-0.39, 0.29) is 17.9 Å². The second-order valence-corrected chi connectivity index (χ2v) is 4.41. The minimum Gasteiger partial charge on any atom is -0.354 e. The Labute approximate surface area is 106 Å². The number of nitrogens with one attached hydrogen (secondary N) is 2. The average molecular weight is 247 g/mol. The van der Waals surface area contributed by atoms with Gasteiger partial charge in [-0.25, -0.2) is 0 Å². The fraction of sp³-hybridized carbons (Fsp3) is 0.385. The minimum atomic E-state index is -0.143. The van der Waals surface area contributed by atoms with Gasteiger partial charge in [-0.1, -0.05) is 12.1 Å². The van der Waals surface area contributed by atoms with Gasteiger partial charge in [0, 0.05) is 18.5 Å². The van der Waals surface area contributed by atoms with E-state index in [9.17, 15) is 9.59 Å². The molecular weight excluding hydrogens is 230 g/mol. The van der Waals surface area contributed by atoms with Crippen molar-refractivity contribution in [3.05, 3.63) is 35.4 Å². The first-order chi connectivity index (χ1) is 8.69. The van der Waals surface area contributed by atoms with Gasteiger partial charge in [-0.15, -0.1) is 0 Å². The molecule has 5 heteroatoms. The highest BCUT2D eigenvalue weighted by Gasteiger charge is 2.23. The summed E-state index contributed by atoms with van der Waals surface area (Å²) in [5.74, 6) is -0.158. The van der Waals surface area contributed by atoms with Gasteiger partial charge < -0.3 is 16.4 Å². The molecule has 1 aliphatic rings. The molecule has 1 aliphatic heterocycles. The third-order valence-electron chi connectivity index (χ3n) is 2.96. The first-order valence-corrected chi connectivity index (χ1v) is 6.05. The summed E-state index contributed by atoms with van der Waals surface area (Å²) in [5.41, 5.74) is 7.19. The summed E-state index contributed by atoms with van der Waals surface area (Å²) < 4.78 is 0. The highest BCUT2D eigenvalue weighted by molar-refractivity contribution is 5.95. The number of carbonyl (C=O) groups is 2. The number of hydrogen-bond donors (Lipinski definition) is 3. The van der Waals surface area contributed by atoms with Crippen LogP contribution in [0.3, 0.4) is 0 Å². The fourth-order valence-corrected chi connectivity index (χ4v) is 1.97. The highest BCUT2D eigenvalue weighted by atomic mass is 16.2. The molecule has 1 aromatic carbocycles. The van der Waals surface area contributed by atoms with E-state index in [1.807, 2.05) is 12.1 Å². The zero-order valence-electron chi connectivity index (χ0n) is 10.1. The summed E-state index contributed by atoms with van der Waals surface area (Å²) in [5, 5.41) is 5.51. The molecule has 0 aromatic heterocycles. The van der Waals surface area contributed by atoms with Gasteiger partial charge >= 0.3 is 0 Å². The quantitative estimate of drug-likeness (QED) is 0.689. The van der Waals surface area contributed by atoms with E-state index in [1.165, 1.54) is 0 Å². The van der Waals surface area contributed by atoms with Gasteiger partial charge in [0.1, 0.15) is 0 Å². The van der Waals surface area contributed by atoms with E-state index in [0.717, 1.165) is 12.0 Å². The van der Waals surface area contributed by atoms with Crippen LogP contribution in [0.2, 0.25) is 0 Å². The number of amides is 2. The molecule has 0 spiro atoms. The van der Waals surface area contributed by atoms with Crippen LogP contribution in [0.5, 0.6) is 0 Å². The Bertz CT molecular complexity index is 442. The van der Waals surface area contributed by atoms with Gasteiger partial charge in [0.2, 0.25) is 5.91 Å². The number of rotatable bonds is 4. The van der Waals surface area contributed by atoms with Crippen LogP contribution in [-0.4, -0.2) is 30.9 Å². The van der Waals surface area contributed by atoms with Crippen molar-refractivity contribution in [2.24, 2.45) is 5.73 Å². The number of nitrogens with two attached hydrogens (primary N) is 1. The van der Waals surface area contributed by atoms with Crippen LogP contribution < -0.4 is 16.4 Å². The lowest BCUT2D eigenvalue weighted by Crippen LogP contribution is -2.36. The fourth-order valence-electron chi connectivity index (χ4n) is 1.97. The van der Waals surface area contributed by atoms with Crippen LogP contribution in [0.1, 0.15) is 22.3 Å². The van der Waals surface area contributed by atoms with Crippen LogP contribution in [0.25, 0.3) is 0 Å². The van der Waals surface area contributed by atoms with Crippen molar-refractivity contribution in [3.8, 4) is 0 Å². The minimum absolute atomic E-state index is 0.0152. The molecule has 0 bridgehead atoms. The van der Waals surface area contributed by atoms with Crippen molar-refractivity contribution in [1.82, 2.24) is 10.6 Å². The Morgan fingerprint density at radius 2 is 2.11 bits per heavy atom. The molecule has 1 aromatic rings. The summed E-state index contributed by atoms with van der Waals surface area (Å²) in [7, 11) is 0. The molecule has 96 valence electrons. The second kappa shape index (κ2) is 5.64. The third-order valence-corrected chi connectivity index (χ3v) is 2.96. The number of hydrogen-bond acceptors (Lipinski definition) is 3. The monoisotopic (exact) mass is 247 g/mol. The maximum atomic E-state index is 11.9. The largest absolute Gasteiger partial charge is 0.354 e. The van der Waals surface area contributed by atoms with Crippen LogP contribution in [0.15, 0.2) is 24.3 Å². The van der Waals surface area contributed by atoms with E-state index >= 15 is 0 Å². The maximum Gasteiger partial charge on any atom is 0.251 e. The van der Waals surface area contributed by atoms with Crippen molar-refractivity contribution in [1.29, 1.82) is 0 Å². The lowest BCUT2D eigenvalue weighted by Gasteiger charge is -2.10. The SMILES string of the molecule is NCCc1ccc(C(=O)NC2CNC(=O)C2)cc1. The summed E-state index contributed by atoms with van der Waals surface area (Å²) in [6, 6.07) is 7.27. The standard InChI is InChI=1S/C13H17N3O2/c14-6-5-9-1-3-10(4-2-9)13(18)16-11-7-12(17)15-8-11/h1-4,11H,5-8,14H2,(H,15,17)(H,16,18). The molecule has 1 fully saturated rings. The molecule has 0 radical (unpaired) electrons. The van der Waals surface area contributed by atoms with Gasteiger partial charge in [0.15, 0.2) is 0 Å². The van der Waals surface area contributed by atoms with Crippen molar-refractivity contribution in [2.75, 3.05) is 13.1 Å². The zero-order chi connectivity index (χ0) is 13.0. The lowest BCUT2D eigenvalue weighted by atomic mass is 10.1. The Balaban J connectivity index is 1.94. The predicted molar refractivity (Wildman–Crippen MR) is 68.1 cm³/mol. The maximum absolute atomic E-state index is 11.9. The molecule has 5 nitrogen and oxygen atoms in total. The second-order valence-electron chi connectivity index (χ2n) is 4.41. The topological polar surface area (TPSA) is 84.2 Å². The molecule has 0 saturated carbocycles. The average Bonchev–Trinajstić information content (AvgIpc) is 2.76. The Hall–Kier alpha value is -1.88. The van der Waals surface area contributed by atoms with E-state index in [2.05, 4.69) is 10.6 Å². The van der Waals surface area contributed by atoms with Crippen molar-refractivity contribution < 1.29 is 9.59 Å². The van der Waals surface area contributed by atoms with E-state index in [1.54, 1.807) is 12.1 Å². The molecule has 1 atom stereocenters. The number of carbonyl (C=O) groups excluding carboxylic acids is 2. The van der Waals surface area contributed by atoms with E-state index < -0.39 is 0 Å². The normalized spacial score (nSPS) is 18.5. The Morgan fingerprint density at radius 3 is 2.67 bits per heavy atom. The van der Waals surface area contributed by atoms with Gasteiger partial charge in [0.25, 0.3) is 5.91 Å². The van der Waals surface area contributed by atoms with Gasteiger partial charge in [-0.05, 0) is 30.7 Å². The Kier molecular flexibility index (Phi) is 3.94. The summed E-state index contributed by atoms with van der Waals surface area (Å²) in [6.07, 6.45) is 1.17. The first kappa shape index (κ1) is 12.6. The van der Waals surface area contributed by atoms with Gasteiger partial charge in [-0.3, -0.25) is 9.59 Å². The smallest absolute Gasteiger partial charge is 0.251 e. The highest BCUT2D eigenvalue weighted by Crippen LogP contribution is 2.06. The molecular formula is C13H17N3O2. The zero-order valence-corrected chi connectivity index (χ0v) is 10.1. The molecule has 0 aliphatic carbocycles. The summed E-state index contributed by atoms with van der Waals surface area (Å²) in [4.78, 5) is 22.9. The van der Waals surface area contributed by atoms with Crippen LogP contribution >= 0.6 is 0 Å². The van der Waals surface area contributed by atoms with Gasteiger partial charge in [-0.2, -0.15) is 0 Å². The third kappa shape index (κ3) is 3.07. The lowest BCUT2D eigenvalue weighted by molar-refractivity contribution is -0.119. The van der Waals surface area contributed by atoms with Crippen LogP contribution in [-0.2, 0) is 11.2 Å². The summed E-state index contributed by atoms with van der Waals surface area (Å²) >= 11 is 0. The molecule has 2 rings (SSSR count). The van der Waals surface area contributed by atoms with Crippen molar-refractivity contribution in [2.45, 2.75) is 18.9 Å². The van der Waals surface area contributed by atoms with Crippen molar-refractivity contribution >= 4 is 11.8 Å². The van der Waals surface area contributed by atoms with Crippen LogP contribution in [0.4, 0.5) is 0 Å². The number of benzene rings is 1. The van der Waals surface area contributed by atoms with E-state index in [4.69, 9.17) is 5.73 Å². The Morgan fingerprint density at radius 1 is 1.39 bits per heavy atom. The van der Waals surface area contributed by atoms with Crippen LogP contribution in [0, 0.1) is 0 Å². The molecule has 18 heavy (non-hydrogen) atoms. The first-order valence-electron chi connectivity index (χ1n) is 6.05. The predicted octanol–water partition coefficient (Wildman–Crippen LogP) is -0.194. The van der Waals surface area contributed by atoms with E-state index in [0.29, 0.717) is 25.1 Å². The molecule has 2 amide bonds. The summed E-state index contributed by atoms with van der Waals surface area (Å²) in [6.45, 7) is 1.11.